The van der Waals surface area contributed by atoms with Crippen molar-refractivity contribution in [3.05, 3.63) is 47.8 Å². The van der Waals surface area contributed by atoms with Gasteiger partial charge in [0.15, 0.2) is 5.06 Å². The topological polar surface area (TPSA) is 35.5 Å². The average Bonchev–Trinajstić information content (AvgIpc) is 2.83. The second-order valence-electron chi connectivity index (χ2n) is 3.32. The first-order valence-corrected chi connectivity index (χ1v) is 6.14. The van der Waals surface area contributed by atoms with E-state index in [1.54, 1.807) is 6.07 Å². The number of benzene rings is 1. The molecule has 2 aromatic rings. The Bertz CT molecular complexity index is 451. The maximum Gasteiger partial charge on any atom is 0.315 e. The molecule has 2 rings (SSSR count). The van der Waals surface area contributed by atoms with Crippen LogP contribution >= 0.6 is 11.3 Å². The van der Waals surface area contributed by atoms with Crippen LogP contribution < -0.4 is 9.47 Å². The lowest BCUT2D eigenvalue weighted by Gasteiger charge is -2.05. The van der Waals surface area contributed by atoms with E-state index in [0.29, 0.717) is 11.7 Å². The molecule has 1 aromatic heterocycles. The molecule has 0 unspecified atom stereocenters. The molecule has 17 heavy (non-hydrogen) atoms. The summed E-state index contributed by atoms with van der Waals surface area (Å²) in [6.07, 6.45) is 0.243. The molecule has 88 valence electrons. The molecular formula is C13H12O3S. The van der Waals surface area contributed by atoms with Crippen molar-refractivity contribution in [3.8, 4) is 10.8 Å². The van der Waals surface area contributed by atoms with Crippen LogP contribution in [-0.2, 0) is 4.79 Å². The van der Waals surface area contributed by atoms with Gasteiger partial charge in [0.1, 0.15) is 5.75 Å². The van der Waals surface area contributed by atoms with Crippen molar-refractivity contribution in [1.82, 2.24) is 0 Å². The van der Waals surface area contributed by atoms with Gasteiger partial charge in [-0.05, 0) is 29.6 Å². The van der Waals surface area contributed by atoms with Crippen LogP contribution in [0.2, 0.25) is 0 Å². The molecule has 0 atom stereocenters. The molecule has 3 nitrogen and oxygen atoms in total. The highest BCUT2D eigenvalue weighted by Crippen LogP contribution is 2.18. The van der Waals surface area contributed by atoms with E-state index in [4.69, 9.17) is 9.47 Å². The van der Waals surface area contributed by atoms with Crippen molar-refractivity contribution in [3.63, 3.8) is 0 Å². The summed E-state index contributed by atoms with van der Waals surface area (Å²) >= 11 is 1.40. The van der Waals surface area contributed by atoms with E-state index in [1.807, 2.05) is 41.8 Å². The number of hydrogen-bond donors (Lipinski definition) is 0. The SMILES string of the molecule is O=C(CCOc1ccccc1)Oc1cccs1. The third-order valence-electron chi connectivity index (χ3n) is 2.03. The van der Waals surface area contributed by atoms with Crippen molar-refractivity contribution < 1.29 is 14.3 Å². The number of ether oxygens (including phenoxy) is 2. The van der Waals surface area contributed by atoms with Gasteiger partial charge < -0.3 is 9.47 Å². The number of hydrogen-bond acceptors (Lipinski definition) is 4. The first kappa shape index (κ1) is 11.7. The van der Waals surface area contributed by atoms with Gasteiger partial charge in [0.25, 0.3) is 0 Å². The van der Waals surface area contributed by atoms with E-state index >= 15 is 0 Å². The standard InChI is InChI=1S/C13H12O3S/c14-12(16-13-7-4-10-17-13)8-9-15-11-5-2-1-3-6-11/h1-7,10H,8-9H2. The molecule has 0 bridgehead atoms. The van der Waals surface area contributed by atoms with Gasteiger partial charge in [0.2, 0.25) is 0 Å². The van der Waals surface area contributed by atoms with Crippen LogP contribution in [0.5, 0.6) is 10.8 Å². The fourth-order valence-electron chi connectivity index (χ4n) is 1.25. The maximum absolute atomic E-state index is 11.4. The van der Waals surface area contributed by atoms with E-state index in [1.165, 1.54) is 11.3 Å². The predicted octanol–water partition coefficient (Wildman–Crippen LogP) is 3.12. The fraction of sp³-hybridized carbons (Fsp3) is 0.154. The smallest absolute Gasteiger partial charge is 0.315 e. The second-order valence-corrected chi connectivity index (χ2v) is 4.23. The lowest BCUT2D eigenvalue weighted by Crippen LogP contribution is -2.11. The Morgan fingerprint density at radius 1 is 1.12 bits per heavy atom. The Labute approximate surface area is 104 Å². The van der Waals surface area contributed by atoms with Gasteiger partial charge >= 0.3 is 5.97 Å². The van der Waals surface area contributed by atoms with Crippen molar-refractivity contribution in [2.45, 2.75) is 6.42 Å². The monoisotopic (exact) mass is 248 g/mol. The molecule has 0 amide bonds. The number of carbonyl (C=O) groups is 1. The molecule has 1 heterocycles. The molecule has 4 heteroatoms. The molecule has 0 saturated heterocycles. The van der Waals surface area contributed by atoms with Crippen molar-refractivity contribution in [2.24, 2.45) is 0 Å². The van der Waals surface area contributed by atoms with Crippen LogP contribution in [0.25, 0.3) is 0 Å². The highest BCUT2D eigenvalue weighted by Gasteiger charge is 2.05. The van der Waals surface area contributed by atoms with Gasteiger partial charge in [-0.25, -0.2) is 0 Å². The zero-order valence-electron chi connectivity index (χ0n) is 9.17. The Morgan fingerprint density at radius 3 is 2.65 bits per heavy atom. The molecule has 1 aromatic carbocycles. The Hall–Kier alpha value is -1.81. The minimum atomic E-state index is -0.275. The highest BCUT2D eigenvalue weighted by molar-refractivity contribution is 7.11. The Balaban J connectivity index is 1.70. The largest absolute Gasteiger partial charge is 0.493 e. The van der Waals surface area contributed by atoms with Gasteiger partial charge in [0.05, 0.1) is 13.0 Å². The number of rotatable bonds is 5. The minimum absolute atomic E-state index is 0.243. The van der Waals surface area contributed by atoms with E-state index in [2.05, 4.69) is 0 Å². The number of carbonyl (C=O) groups excluding carboxylic acids is 1. The molecule has 0 radical (unpaired) electrons. The third-order valence-corrected chi connectivity index (χ3v) is 2.77. The third kappa shape index (κ3) is 3.92. The Morgan fingerprint density at radius 2 is 1.94 bits per heavy atom. The zero-order valence-corrected chi connectivity index (χ0v) is 9.98. The van der Waals surface area contributed by atoms with Gasteiger partial charge in [0, 0.05) is 0 Å². The predicted molar refractivity (Wildman–Crippen MR) is 66.5 cm³/mol. The summed E-state index contributed by atoms with van der Waals surface area (Å²) in [5.41, 5.74) is 0. The van der Waals surface area contributed by atoms with Gasteiger partial charge in [-0.15, -0.1) is 11.3 Å². The van der Waals surface area contributed by atoms with Crippen LogP contribution in [0.3, 0.4) is 0 Å². The summed E-state index contributed by atoms with van der Waals surface area (Å²) in [5, 5.41) is 2.48. The summed E-state index contributed by atoms with van der Waals surface area (Å²) in [7, 11) is 0. The summed E-state index contributed by atoms with van der Waals surface area (Å²) in [4.78, 5) is 11.4. The quantitative estimate of drug-likeness (QED) is 0.763. The van der Waals surface area contributed by atoms with Crippen LogP contribution in [0.15, 0.2) is 47.8 Å². The molecule has 0 spiro atoms. The van der Waals surface area contributed by atoms with E-state index in [0.717, 1.165) is 5.75 Å². The lowest BCUT2D eigenvalue weighted by molar-refractivity contribution is -0.134. The number of para-hydroxylation sites is 1. The van der Waals surface area contributed by atoms with E-state index in [-0.39, 0.29) is 12.4 Å². The molecular weight excluding hydrogens is 236 g/mol. The van der Waals surface area contributed by atoms with Gasteiger partial charge in [-0.3, -0.25) is 4.79 Å². The van der Waals surface area contributed by atoms with Gasteiger partial charge in [-0.1, -0.05) is 18.2 Å². The second kappa shape index (κ2) is 6.06. The Kier molecular flexibility index (Phi) is 4.16. The van der Waals surface area contributed by atoms with Crippen molar-refractivity contribution in [1.29, 1.82) is 0 Å². The molecule has 0 aliphatic rings. The van der Waals surface area contributed by atoms with Crippen molar-refractivity contribution in [2.75, 3.05) is 6.61 Å². The van der Waals surface area contributed by atoms with Gasteiger partial charge in [-0.2, -0.15) is 0 Å². The first-order chi connectivity index (χ1) is 8.34. The zero-order chi connectivity index (χ0) is 11.9. The normalized spacial score (nSPS) is 9.88. The lowest BCUT2D eigenvalue weighted by atomic mass is 10.3. The van der Waals surface area contributed by atoms with Crippen LogP contribution in [-0.4, -0.2) is 12.6 Å². The maximum atomic E-state index is 11.4. The van der Waals surface area contributed by atoms with Crippen molar-refractivity contribution >= 4 is 17.3 Å². The summed E-state index contributed by atoms with van der Waals surface area (Å²) in [5.74, 6) is 0.486. The summed E-state index contributed by atoms with van der Waals surface area (Å²) < 4.78 is 10.5. The molecule has 0 aliphatic heterocycles. The molecule has 0 N–H and O–H groups in total. The molecule has 0 aliphatic carbocycles. The average molecular weight is 248 g/mol. The molecule has 0 saturated carbocycles. The van der Waals surface area contributed by atoms with Crippen LogP contribution in [0.1, 0.15) is 6.42 Å². The van der Waals surface area contributed by atoms with Crippen LogP contribution in [0.4, 0.5) is 0 Å². The fourth-order valence-corrected chi connectivity index (χ4v) is 1.84. The van der Waals surface area contributed by atoms with E-state index in [9.17, 15) is 4.79 Å². The van der Waals surface area contributed by atoms with Crippen LogP contribution in [0, 0.1) is 0 Å². The molecule has 0 fully saturated rings. The van der Waals surface area contributed by atoms with E-state index < -0.39 is 0 Å². The highest BCUT2D eigenvalue weighted by atomic mass is 32.1. The summed E-state index contributed by atoms with van der Waals surface area (Å²) in [6, 6.07) is 13.0. The number of esters is 1. The number of thiophene rings is 1. The first-order valence-electron chi connectivity index (χ1n) is 5.26. The summed E-state index contributed by atoms with van der Waals surface area (Å²) in [6.45, 7) is 0.328. The minimum Gasteiger partial charge on any atom is -0.493 e.